The van der Waals surface area contributed by atoms with Gasteiger partial charge in [0, 0.05) is 17.2 Å². The number of ether oxygens (including phenoxy) is 1. The van der Waals surface area contributed by atoms with Crippen molar-refractivity contribution in [1.29, 1.82) is 0 Å². The van der Waals surface area contributed by atoms with E-state index in [1.807, 2.05) is 12.1 Å². The first-order valence-corrected chi connectivity index (χ1v) is 6.19. The Morgan fingerprint density at radius 1 is 1.39 bits per heavy atom. The molecule has 1 heterocycles. The number of methoxy groups -OCH3 is 1. The molecule has 1 fully saturated rings. The molecule has 1 saturated carbocycles. The summed E-state index contributed by atoms with van der Waals surface area (Å²) < 4.78 is 5.44. The lowest BCUT2D eigenvalue weighted by Crippen LogP contribution is -1.94. The van der Waals surface area contributed by atoms with E-state index in [9.17, 15) is 0 Å². The van der Waals surface area contributed by atoms with Crippen molar-refractivity contribution >= 4 is 5.82 Å². The van der Waals surface area contributed by atoms with Gasteiger partial charge >= 0.3 is 0 Å². The maximum Gasteiger partial charge on any atom is 0.153 e. The van der Waals surface area contributed by atoms with Crippen molar-refractivity contribution in [2.75, 3.05) is 12.8 Å². The van der Waals surface area contributed by atoms with Gasteiger partial charge in [0.05, 0.1) is 12.7 Å². The Morgan fingerprint density at radius 3 is 2.83 bits per heavy atom. The standard InChI is InChI=1S/C14H17N3O/c1-8-3-6-11(18-2)10(7-8)12-13(9-4-5-9)16-17-14(12)15/h3,6-7,9H,4-5H2,1-2H3,(H3,15,16,17). The van der Waals surface area contributed by atoms with Gasteiger partial charge in [-0.3, -0.25) is 5.10 Å². The summed E-state index contributed by atoms with van der Waals surface area (Å²) in [5.41, 5.74) is 10.4. The molecule has 0 unspecified atom stereocenters. The fourth-order valence-corrected chi connectivity index (χ4v) is 2.34. The van der Waals surface area contributed by atoms with Crippen LogP contribution in [-0.4, -0.2) is 17.3 Å². The first-order chi connectivity index (χ1) is 8.70. The van der Waals surface area contributed by atoms with Crippen LogP contribution in [-0.2, 0) is 0 Å². The molecule has 1 aliphatic rings. The molecule has 2 aromatic rings. The second-order valence-electron chi connectivity index (χ2n) is 4.88. The predicted molar refractivity (Wildman–Crippen MR) is 71.7 cm³/mol. The summed E-state index contributed by atoms with van der Waals surface area (Å²) in [5, 5.41) is 7.23. The summed E-state index contributed by atoms with van der Waals surface area (Å²) in [4.78, 5) is 0. The number of rotatable bonds is 3. The predicted octanol–water partition coefficient (Wildman–Crippen LogP) is 2.85. The number of nitrogen functional groups attached to an aromatic ring is 1. The molecule has 0 radical (unpaired) electrons. The average Bonchev–Trinajstić information content (AvgIpc) is 3.13. The number of aromatic amines is 1. The largest absolute Gasteiger partial charge is 0.496 e. The molecule has 0 spiro atoms. The molecule has 4 nitrogen and oxygen atoms in total. The summed E-state index contributed by atoms with van der Waals surface area (Å²) in [7, 11) is 1.68. The van der Waals surface area contributed by atoms with E-state index in [0.717, 1.165) is 22.6 Å². The minimum Gasteiger partial charge on any atom is -0.496 e. The fourth-order valence-electron chi connectivity index (χ4n) is 2.34. The molecule has 3 N–H and O–H groups in total. The van der Waals surface area contributed by atoms with Crippen LogP contribution in [0, 0.1) is 6.92 Å². The van der Waals surface area contributed by atoms with E-state index in [4.69, 9.17) is 10.5 Å². The minimum absolute atomic E-state index is 0.556. The molecule has 4 heteroatoms. The van der Waals surface area contributed by atoms with Gasteiger partial charge in [0.1, 0.15) is 5.75 Å². The highest BCUT2D eigenvalue weighted by molar-refractivity contribution is 5.81. The normalized spacial score (nSPS) is 14.8. The summed E-state index contributed by atoms with van der Waals surface area (Å²) in [6.45, 7) is 2.07. The van der Waals surface area contributed by atoms with Crippen molar-refractivity contribution < 1.29 is 4.74 Å². The molecule has 3 rings (SSSR count). The number of nitrogens with zero attached hydrogens (tertiary/aromatic N) is 1. The lowest BCUT2D eigenvalue weighted by molar-refractivity contribution is 0.416. The van der Waals surface area contributed by atoms with E-state index in [1.54, 1.807) is 7.11 Å². The number of aryl methyl sites for hydroxylation is 1. The van der Waals surface area contributed by atoms with Crippen LogP contribution in [0.15, 0.2) is 18.2 Å². The van der Waals surface area contributed by atoms with Crippen molar-refractivity contribution in [2.45, 2.75) is 25.7 Å². The molecule has 0 atom stereocenters. The third-order valence-corrected chi connectivity index (χ3v) is 3.43. The first-order valence-electron chi connectivity index (χ1n) is 6.19. The van der Waals surface area contributed by atoms with Gasteiger partial charge in [-0.05, 0) is 31.9 Å². The molecule has 1 aromatic heterocycles. The van der Waals surface area contributed by atoms with Gasteiger partial charge in [0.25, 0.3) is 0 Å². The third-order valence-electron chi connectivity index (χ3n) is 3.43. The van der Waals surface area contributed by atoms with Crippen LogP contribution in [0.5, 0.6) is 5.75 Å². The molecular weight excluding hydrogens is 226 g/mol. The van der Waals surface area contributed by atoms with Crippen molar-refractivity contribution in [1.82, 2.24) is 10.2 Å². The maximum absolute atomic E-state index is 6.01. The molecule has 94 valence electrons. The van der Waals surface area contributed by atoms with Crippen LogP contribution in [0.3, 0.4) is 0 Å². The van der Waals surface area contributed by atoms with Gasteiger partial charge in [-0.1, -0.05) is 11.6 Å². The van der Waals surface area contributed by atoms with Crippen molar-refractivity contribution in [3.05, 3.63) is 29.5 Å². The van der Waals surface area contributed by atoms with Gasteiger partial charge in [-0.2, -0.15) is 5.10 Å². The lowest BCUT2D eigenvalue weighted by atomic mass is 10.00. The number of hydrogen-bond donors (Lipinski definition) is 2. The van der Waals surface area contributed by atoms with E-state index in [-0.39, 0.29) is 0 Å². The van der Waals surface area contributed by atoms with Gasteiger partial charge in [-0.25, -0.2) is 0 Å². The van der Waals surface area contributed by atoms with Crippen LogP contribution >= 0.6 is 0 Å². The molecular formula is C14H17N3O. The zero-order valence-electron chi connectivity index (χ0n) is 10.7. The number of benzene rings is 1. The summed E-state index contributed by atoms with van der Waals surface area (Å²) in [5.74, 6) is 1.98. The Morgan fingerprint density at radius 2 is 2.17 bits per heavy atom. The maximum atomic E-state index is 6.01. The smallest absolute Gasteiger partial charge is 0.153 e. The number of nitrogens with two attached hydrogens (primary N) is 1. The second-order valence-corrected chi connectivity index (χ2v) is 4.88. The molecule has 0 saturated heterocycles. The van der Waals surface area contributed by atoms with Crippen LogP contribution in [0.2, 0.25) is 0 Å². The van der Waals surface area contributed by atoms with Gasteiger partial charge in [0.2, 0.25) is 0 Å². The summed E-state index contributed by atoms with van der Waals surface area (Å²) in [6, 6.07) is 6.12. The van der Waals surface area contributed by atoms with Crippen LogP contribution in [0.1, 0.15) is 30.0 Å². The Kier molecular flexibility index (Phi) is 2.51. The Labute approximate surface area is 106 Å². The number of hydrogen-bond acceptors (Lipinski definition) is 3. The van der Waals surface area contributed by atoms with Crippen LogP contribution < -0.4 is 10.5 Å². The number of anilines is 1. The van der Waals surface area contributed by atoms with Crippen LogP contribution in [0.4, 0.5) is 5.82 Å². The zero-order chi connectivity index (χ0) is 12.7. The first kappa shape index (κ1) is 11.1. The zero-order valence-corrected chi connectivity index (χ0v) is 10.7. The number of H-pyrrole nitrogens is 1. The van der Waals surface area contributed by atoms with E-state index < -0.39 is 0 Å². The van der Waals surface area contributed by atoms with E-state index >= 15 is 0 Å². The SMILES string of the molecule is COc1ccc(C)cc1-c1c(N)n[nH]c1C1CC1. The molecule has 0 amide bonds. The number of aromatic nitrogens is 2. The van der Waals surface area contributed by atoms with Crippen LogP contribution in [0.25, 0.3) is 11.1 Å². The van der Waals surface area contributed by atoms with Crippen molar-refractivity contribution in [3.63, 3.8) is 0 Å². The molecule has 0 bridgehead atoms. The Hall–Kier alpha value is -1.97. The quantitative estimate of drug-likeness (QED) is 0.871. The average molecular weight is 243 g/mol. The van der Waals surface area contributed by atoms with Crippen molar-refractivity contribution in [3.8, 4) is 16.9 Å². The topological polar surface area (TPSA) is 63.9 Å². The third kappa shape index (κ3) is 1.74. The molecule has 18 heavy (non-hydrogen) atoms. The molecule has 1 aliphatic carbocycles. The number of nitrogens with one attached hydrogen (secondary N) is 1. The minimum atomic E-state index is 0.556. The van der Waals surface area contributed by atoms with E-state index in [1.165, 1.54) is 18.4 Å². The van der Waals surface area contributed by atoms with Gasteiger partial charge < -0.3 is 10.5 Å². The molecule has 0 aliphatic heterocycles. The highest BCUT2D eigenvalue weighted by Gasteiger charge is 2.30. The summed E-state index contributed by atoms with van der Waals surface area (Å²) >= 11 is 0. The Bertz CT molecular complexity index is 585. The highest BCUT2D eigenvalue weighted by atomic mass is 16.5. The van der Waals surface area contributed by atoms with Gasteiger partial charge in [-0.15, -0.1) is 0 Å². The monoisotopic (exact) mass is 243 g/mol. The lowest BCUT2D eigenvalue weighted by Gasteiger charge is -2.10. The fraction of sp³-hybridized carbons (Fsp3) is 0.357. The molecule has 1 aromatic carbocycles. The van der Waals surface area contributed by atoms with Gasteiger partial charge in [0.15, 0.2) is 5.82 Å². The van der Waals surface area contributed by atoms with E-state index in [2.05, 4.69) is 23.2 Å². The Balaban J connectivity index is 2.19. The highest BCUT2D eigenvalue weighted by Crippen LogP contribution is 2.46. The second kappa shape index (κ2) is 4.05. The van der Waals surface area contributed by atoms with E-state index in [0.29, 0.717) is 11.7 Å². The summed E-state index contributed by atoms with van der Waals surface area (Å²) in [6.07, 6.45) is 2.42. The van der Waals surface area contributed by atoms with Crippen molar-refractivity contribution in [2.24, 2.45) is 0 Å².